The van der Waals surface area contributed by atoms with Crippen LogP contribution in [0.15, 0.2) is 29.4 Å². The minimum atomic E-state index is -0.278. The Labute approximate surface area is 126 Å². The third-order valence-corrected chi connectivity index (χ3v) is 3.85. The third kappa shape index (κ3) is 5.02. The highest BCUT2D eigenvalue weighted by atomic mass is 35.5. The molecule has 0 amide bonds. The fourth-order valence-corrected chi connectivity index (χ4v) is 2.11. The number of oxime groups is 1. The van der Waals surface area contributed by atoms with Crippen LogP contribution in [0.4, 0.5) is 0 Å². The molecule has 1 atom stereocenters. The minimum Gasteiger partial charge on any atom is -0.409 e. The second-order valence-corrected chi connectivity index (χ2v) is 6.14. The molecule has 1 aromatic carbocycles. The van der Waals surface area contributed by atoms with Crippen LogP contribution in [-0.4, -0.2) is 17.6 Å². The fourth-order valence-electron chi connectivity index (χ4n) is 1.98. The molecule has 0 unspecified atom stereocenters. The first kappa shape index (κ1) is 16.8. The highest BCUT2D eigenvalue weighted by Crippen LogP contribution is 2.22. The molecule has 0 aliphatic heterocycles. The van der Waals surface area contributed by atoms with Gasteiger partial charge in [-0.05, 0) is 44.0 Å². The number of amidine groups is 1. The van der Waals surface area contributed by atoms with Crippen molar-refractivity contribution in [3.63, 3.8) is 0 Å². The summed E-state index contributed by atoms with van der Waals surface area (Å²) in [7, 11) is 0. The molecule has 0 radical (unpaired) electrons. The maximum absolute atomic E-state index is 8.72. The number of nitrogens with two attached hydrogens (primary N) is 1. The molecule has 0 fully saturated rings. The van der Waals surface area contributed by atoms with Gasteiger partial charge in [-0.3, -0.25) is 0 Å². The summed E-state index contributed by atoms with van der Waals surface area (Å²) in [6, 6.07) is 8.13. The van der Waals surface area contributed by atoms with Crippen LogP contribution in [0.3, 0.4) is 0 Å². The van der Waals surface area contributed by atoms with E-state index in [1.54, 1.807) is 0 Å². The first-order valence-corrected chi connectivity index (χ1v) is 7.21. The predicted octanol–water partition coefficient (Wildman–Crippen LogP) is 3.54. The lowest BCUT2D eigenvalue weighted by atomic mass is 9.86. The lowest BCUT2D eigenvalue weighted by Gasteiger charge is -2.23. The molecule has 4 N–H and O–H groups in total. The summed E-state index contributed by atoms with van der Waals surface area (Å²) in [5.41, 5.74) is 6.60. The molecule has 0 saturated heterocycles. The van der Waals surface area contributed by atoms with E-state index in [2.05, 4.69) is 17.4 Å². The molecule has 1 rings (SSSR count). The SMILES string of the molecule is C[C@H](NCCCC(C)(C)/C(N)=N/O)c1ccc(Cl)cc1. The Kier molecular flexibility index (Phi) is 6.30. The Morgan fingerprint density at radius 3 is 2.55 bits per heavy atom. The molecular formula is C15H24ClN3O. The van der Waals surface area contributed by atoms with Gasteiger partial charge in [-0.25, -0.2) is 0 Å². The van der Waals surface area contributed by atoms with Crippen molar-refractivity contribution in [2.45, 2.75) is 39.7 Å². The Balaban J connectivity index is 2.36. The summed E-state index contributed by atoms with van der Waals surface area (Å²) in [4.78, 5) is 0. The zero-order chi connectivity index (χ0) is 15.2. The molecule has 112 valence electrons. The number of hydrogen-bond acceptors (Lipinski definition) is 3. The smallest absolute Gasteiger partial charge is 0.144 e. The zero-order valence-corrected chi connectivity index (χ0v) is 13.1. The van der Waals surface area contributed by atoms with E-state index in [-0.39, 0.29) is 17.3 Å². The predicted molar refractivity (Wildman–Crippen MR) is 84.3 cm³/mol. The van der Waals surface area contributed by atoms with E-state index < -0.39 is 0 Å². The maximum atomic E-state index is 8.72. The first-order chi connectivity index (χ1) is 9.36. The van der Waals surface area contributed by atoms with Gasteiger partial charge in [0.15, 0.2) is 0 Å². The van der Waals surface area contributed by atoms with Crippen LogP contribution in [0.2, 0.25) is 5.02 Å². The minimum absolute atomic E-state index is 0.277. The van der Waals surface area contributed by atoms with Crippen LogP contribution in [0.5, 0.6) is 0 Å². The van der Waals surface area contributed by atoms with E-state index >= 15 is 0 Å². The van der Waals surface area contributed by atoms with E-state index in [1.165, 1.54) is 5.56 Å². The molecule has 0 bridgehead atoms. The van der Waals surface area contributed by atoms with Gasteiger partial charge in [0.1, 0.15) is 5.84 Å². The van der Waals surface area contributed by atoms with Gasteiger partial charge in [0.05, 0.1) is 0 Å². The maximum Gasteiger partial charge on any atom is 0.144 e. The van der Waals surface area contributed by atoms with Crippen LogP contribution in [-0.2, 0) is 0 Å². The summed E-state index contributed by atoms with van der Waals surface area (Å²) < 4.78 is 0. The Bertz CT molecular complexity index is 443. The number of nitrogens with zero attached hydrogens (tertiary/aromatic N) is 1. The molecule has 0 heterocycles. The van der Waals surface area contributed by atoms with Gasteiger partial charge in [-0.15, -0.1) is 0 Å². The number of halogens is 1. The van der Waals surface area contributed by atoms with Crippen molar-refractivity contribution in [2.75, 3.05) is 6.54 Å². The Hall–Kier alpha value is -1.26. The van der Waals surface area contributed by atoms with Crippen molar-refractivity contribution in [3.8, 4) is 0 Å². The average molecular weight is 298 g/mol. The van der Waals surface area contributed by atoms with Crippen LogP contribution < -0.4 is 11.1 Å². The standard InChI is InChI=1S/C15H24ClN3O/c1-11(12-5-7-13(16)8-6-12)18-10-4-9-15(2,3)14(17)19-20/h5-8,11,18,20H,4,9-10H2,1-3H3,(H2,17,19)/t11-/m0/s1. The second-order valence-electron chi connectivity index (χ2n) is 5.70. The summed E-state index contributed by atoms with van der Waals surface area (Å²) in [5.74, 6) is 0.281. The van der Waals surface area contributed by atoms with Crippen molar-refractivity contribution in [1.82, 2.24) is 5.32 Å². The molecule has 0 saturated carbocycles. The van der Waals surface area contributed by atoms with Gasteiger partial charge < -0.3 is 16.3 Å². The summed E-state index contributed by atoms with van der Waals surface area (Å²) >= 11 is 5.87. The topological polar surface area (TPSA) is 70.6 Å². The lowest BCUT2D eigenvalue weighted by Crippen LogP contribution is -2.32. The number of rotatable bonds is 7. The monoisotopic (exact) mass is 297 g/mol. The summed E-state index contributed by atoms with van der Waals surface area (Å²) in [6.45, 7) is 6.96. The van der Waals surface area contributed by atoms with Crippen LogP contribution in [0, 0.1) is 5.41 Å². The zero-order valence-electron chi connectivity index (χ0n) is 12.4. The van der Waals surface area contributed by atoms with E-state index in [0.717, 1.165) is 24.4 Å². The van der Waals surface area contributed by atoms with E-state index in [9.17, 15) is 0 Å². The van der Waals surface area contributed by atoms with E-state index in [0.29, 0.717) is 0 Å². The number of hydrogen-bond donors (Lipinski definition) is 3. The summed E-state index contributed by atoms with van der Waals surface area (Å²) in [5, 5.41) is 16.0. The van der Waals surface area contributed by atoms with Gasteiger partial charge in [0.2, 0.25) is 0 Å². The van der Waals surface area contributed by atoms with E-state index in [4.69, 9.17) is 22.5 Å². The van der Waals surface area contributed by atoms with Crippen molar-refractivity contribution >= 4 is 17.4 Å². The highest BCUT2D eigenvalue weighted by molar-refractivity contribution is 6.30. The molecule has 0 aromatic heterocycles. The molecule has 20 heavy (non-hydrogen) atoms. The lowest BCUT2D eigenvalue weighted by molar-refractivity contribution is 0.304. The molecule has 0 aliphatic carbocycles. The first-order valence-electron chi connectivity index (χ1n) is 6.83. The van der Waals surface area contributed by atoms with Gasteiger partial charge >= 0.3 is 0 Å². The average Bonchev–Trinajstić information content (AvgIpc) is 2.43. The number of nitrogens with one attached hydrogen (secondary N) is 1. The highest BCUT2D eigenvalue weighted by Gasteiger charge is 2.22. The molecule has 5 heteroatoms. The molecule has 1 aromatic rings. The van der Waals surface area contributed by atoms with E-state index in [1.807, 2.05) is 38.1 Å². The van der Waals surface area contributed by atoms with Gasteiger partial charge in [-0.2, -0.15) is 0 Å². The van der Waals surface area contributed by atoms with Crippen molar-refractivity contribution in [2.24, 2.45) is 16.3 Å². The molecule has 0 spiro atoms. The van der Waals surface area contributed by atoms with Crippen molar-refractivity contribution in [1.29, 1.82) is 0 Å². The van der Waals surface area contributed by atoms with Gasteiger partial charge in [0.25, 0.3) is 0 Å². The number of benzene rings is 1. The summed E-state index contributed by atoms with van der Waals surface area (Å²) in [6.07, 6.45) is 1.82. The van der Waals surface area contributed by atoms with Crippen molar-refractivity contribution in [3.05, 3.63) is 34.9 Å². The van der Waals surface area contributed by atoms with Crippen LogP contribution >= 0.6 is 11.6 Å². The second kappa shape index (κ2) is 7.50. The van der Waals surface area contributed by atoms with Gasteiger partial charge in [-0.1, -0.05) is 42.7 Å². The van der Waals surface area contributed by atoms with Crippen molar-refractivity contribution < 1.29 is 5.21 Å². The quantitative estimate of drug-likeness (QED) is 0.237. The molecular weight excluding hydrogens is 274 g/mol. The van der Waals surface area contributed by atoms with Crippen LogP contribution in [0.1, 0.15) is 45.2 Å². The third-order valence-electron chi connectivity index (χ3n) is 3.60. The fraction of sp³-hybridized carbons (Fsp3) is 0.533. The Morgan fingerprint density at radius 2 is 2.00 bits per heavy atom. The normalized spacial score (nSPS) is 14.3. The largest absolute Gasteiger partial charge is 0.409 e. The molecule has 4 nitrogen and oxygen atoms in total. The van der Waals surface area contributed by atoms with Crippen LogP contribution in [0.25, 0.3) is 0 Å². The Morgan fingerprint density at radius 1 is 1.40 bits per heavy atom. The molecule has 0 aliphatic rings. The van der Waals surface area contributed by atoms with Gasteiger partial charge in [0, 0.05) is 16.5 Å².